The molecule has 11 heavy (non-hydrogen) atoms. The summed E-state index contributed by atoms with van der Waals surface area (Å²) in [4.78, 5) is 0. The van der Waals surface area contributed by atoms with Crippen molar-refractivity contribution in [2.75, 3.05) is 0 Å². The molecule has 0 aliphatic heterocycles. The molecule has 2 bridgehead atoms. The summed E-state index contributed by atoms with van der Waals surface area (Å²) in [6, 6.07) is 0. The first kappa shape index (κ1) is 6.05. The van der Waals surface area contributed by atoms with Crippen molar-refractivity contribution in [3.63, 3.8) is 0 Å². The van der Waals surface area contributed by atoms with Gasteiger partial charge in [0, 0.05) is 0 Å². The first-order chi connectivity index (χ1) is 5.36. The summed E-state index contributed by atoms with van der Waals surface area (Å²) in [7, 11) is 0. The van der Waals surface area contributed by atoms with Crippen molar-refractivity contribution in [1.29, 1.82) is 0 Å². The third kappa shape index (κ3) is 0.610. The van der Waals surface area contributed by atoms with Crippen LogP contribution in [0.15, 0.2) is 23.8 Å². The Balaban J connectivity index is 2.03. The van der Waals surface area contributed by atoms with Crippen molar-refractivity contribution in [2.24, 2.45) is 23.7 Å². The number of hydrogen-bond donors (Lipinski definition) is 0. The van der Waals surface area contributed by atoms with Crippen LogP contribution in [0, 0.1) is 23.7 Å². The summed E-state index contributed by atoms with van der Waals surface area (Å²) in [6.45, 7) is 2.32. The maximum absolute atomic E-state index is 2.52. The van der Waals surface area contributed by atoms with Crippen LogP contribution in [0.5, 0.6) is 0 Å². The number of hydrogen-bond acceptors (Lipinski definition) is 0. The van der Waals surface area contributed by atoms with Gasteiger partial charge in [-0.25, -0.2) is 0 Å². The van der Waals surface area contributed by atoms with Gasteiger partial charge in [0.1, 0.15) is 0 Å². The van der Waals surface area contributed by atoms with Crippen LogP contribution in [0.1, 0.15) is 19.8 Å². The normalized spacial score (nSPS) is 51.5. The molecule has 0 N–H and O–H groups in total. The molecule has 0 heterocycles. The Bertz CT molecular complexity index is 247. The molecule has 0 nitrogen and oxygen atoms in total. The first-order valence-corrected chi connectivity index (χ1v) is 4.71. The number of allylic oxidation sites excluding steroid dienone is 4. The van der Waals surface area contributed by atoms with Crippen LogP contribution in [-0.2, 0) is 0 Å². The van der Waals surface area contributed by atoms with Gasteiger partial charge in [0.2, 0.25) is 0 Å². The molecule has 3 rings (SSSR count). The van der Waals surface area contributed by atoms with Gasteiger partial charge in [0.05, 0.1) is 0 Å². The molecule has 1 fully saturated rings. The van der Waals surface area contributed by atoms with Gasteiger partial charge in [-0.2, -0.15) is 0 Å². The zero-order chi connectivity index (χ0) is 7.42. The lowest BCUT2D eigenvalue weighted by Gasteiger charge is -2.22. The number of fused-ring (bicyclic) bond motifs is 5. The van der Waals surface area contributed by atoms with E-state index in [1.165, 1.54) is 12.8 Å². The molecule has 58 valence electrons. The van der Waals surface area contributed by atoms with Gasteiger partial charge in [-0.3, -0.25) is 0 Å². The maximum atomic E-state index is 2.52. The van der Waals surface area contributed by atoms with E-state index in [0.29, 0.717) is 0 Å². The van der Waals surface area contributed by atoms with Gasteiger partial charge in [0.25, 0.3) is 0 Å². The molecule has 3 aliphatic rings. The van der Waals surface area contributed by atoms with E-state index >= 15 is 0 Å². The van der Waals surface area contributed by atoms with Crippen LogP contribution >= 0.6 is 0 Å². The predicted octanol–water partition coefficient (Wildman–Crippen LogP) is 2.77. The molecule has 0 spiro atoms. The van der Waals surface area contributed by atoms with Crippen LogP contribution in [-0.4, -0.2) is 0 Å². The lowest BCUT2D eigenvalue weighted by molar-refractivity contribution is 0.384. The summed E-state index contributed by atoms with van der Waals surface area (Å²) in [5, 5.41) is 0. The highest BCUT2D eigenvalue weighted by atomic mass is 14.5. The smallest absolute Gasteiger partial charge is 0.0133 e. The molecule has 0 saturated heterocycles. The van der Waals surface area contributed by atoms with Crippen LogP contribution < -0.4 is 0 Å². The van der Waals surface area contributed by atoms with Crippen LogP contribution in [0.25, 0.3) is 0 Å². The van der Waals surface area contributed by atoms with Gasteiger partial charge >= 0.3 is 0 Å². The minimum absolute atomic E-state index is 0.920. The van der Waals surface area contributed by atoms with Crippen molar-refractivity contribution in [3.05, 3.63) is 23.8 Å². The Morgan fingerprint density at radius 2 is 2.36 bits per heavy atom. The molecular formula is C11H14. The second-order valence-electron chi connectivity index (χ2n) is 4.32. The van der Waals surface area contributed by atoms with Crippen LogP contribution in [0.4, 0.5) is 0 Å². The van der Waals surface area contributed by atoms with Crippen molar-refractivity contribution in [1.82, 2.24) is 0 Å². The lowest BCUT2D eigenvalue weighted by atomic mass is 9.82. The quantitative estimate of drug-likeness (QED) is 0.461. The molecule has 0 aromatic carbocycles. The van der Waals surface area contributed by atoms with Gasteiger partial charge < -0.3 is 0 Å². The molecule has 4 atom stereocenters. The van der Waals surface area contributed by atoms with Gasteiger partial charge in [-0.1, -0.05) is 23.8 Å². The molecular weight excluding hydrogens is 132 g/mol. The van der Waals surface area contributed by atoms with Crippen molar-refractivity contribution in [3.8, 4) is 0 Å². The Morgan fingerprint density at radius 3 is 3.27 bits per heavy atom. The highest BCUT2D eigenvalue weighted by Crippen LogP contribution is 2.55. The van der Waals surface area contributed by atoms with Gasteiger partial charge in [-0.15, -0.1) is 0 Å². The van der Waals surface area contributed by atoms with E-state index in [1.807, 2.05) is 0 Å². The Labute approximate surface area is 68.0 Å². The second kappa shape index (κ2) is 1.80. The summed E-state index contributed by atoms with van der Waals surface area (Å²) in [5.74, 6) is 3.82. The molecule has 0 amide bonds. The summed E-state index contributed by atoms with van der Waals surface area (Å²) < 4.78 is 0. The molecule has 0 aromatic rings. The average molecular weight is 146 g/mol. The van der Waals surface area contributed by atoms with E-state index in [1.54, 1.807) is 5.57 Å². The fourth-order valence-corrected chi connectivity index (χ4v) is 3.37. The summed E-state index contributed by atoms with van der Waals surface area (Å²) in [5.41, 5.74) is 1.68. The summed E-state index contributed by atoms with van der Waals surface area (Å²) in [6.07, 6.45) is 10.2. The average Bonchev–Trinajstić information content (AvgIpc) is 2.52. The zero-order valence-electron chi connectivity index (χ0n) is 6.96. The SMILES string of the molecule is CC1=CC2CC1C1CC=CC21. The fourth-order valence-electron chi connectivity index (χ4n) is 3.37. The Hall–Kier alpha value is -0.520. The topological polar surface area (TPSA) is 0 Å². The largest absolute Gasteiger partial charge is 0.0879 e. The van der Waals surface area contributed by atoms with E-state index < -0.39 is 0 Å². The van der Waals surface area contributed by atoms with E-state index in [0.717, 1.165) is 23.7 Å². The molecule has 0 radical (unpaired) electrons. The molecule has 4 unspecified atom stereocenters. The summed E-state index contributed by atoms with van der Waals surface area (Å²) >= 11 is 0. The van der Waals surface area contributed by atoms with Gasteiger partial charge in [-0.05, 0) is 43.4 Å². The zero-order valence-corrected chi connectivity index (χ0v) is 6.96. The third-order valence-corrected chi connectivity index (χ3v) is 3.86. The Morgan fingerprint density at radius 1 is 1.45 bits per heavy atom. The highest BCUT2D eigenvalue weighted by Gasteiger charge is 2.46. The lowest BCUT2D eigenvalue weighted by Crippen LogP contribution is -2.15. The molecule has 1 saturated carbocycles. The van der Waals surface area contributed by atoms with Gasteiger partial charge in [0.15, 0.2) is 0 Å². The number of rotatable bonds is 0. The van der Waals surface area contributed by atoms with E-state index in [-0.39, 0.29) is 0 Å². The van der Waals surface area contributed by atoms with Crippen molar-refractivity contribution >= 4 is 0 Å². The molecule has 0 heteroatoms. The Kier molecular flexibility index (Phi) is 0.988. The third-order valence-electron chi connectivity index (χ3n) is 3.86. The van der Waals surface area contributed by atoms with E-state index in [4.69, 9.17) is 0 Å². The standard InChI is InChI=1S/C11H14/c1-7-5-8-6-11(7)10-4-2-3-9(8)10/h2-3,5,8-11H,4,6H2,1H3. The highest BCUT2D eigenvalue weighted by molar-refractivity contribution is 5.27. The predicted molar refractivity (Wildman–Crippen MR) is 46.1 cm³/mol. The minimum Gasteiger partial charge on any atom is -0.0879 e. The maximum Gasteiger partial charge on any atom is -0.0133 e. The van der Waals surface area contributed by atoms with Crippen LogP contribution in [0.3, 0.4) is 0 Å². The first-order valence-electron chi connectivity index (χ1n) is 4.71. The van der Waals surface area contributed by atoms with Crippen molar-refractivity contribution < 1.29 is 0 Å². The minimum atomic E-state index is 0.920. The van der Waals surface area contributed by atoms with Crippen LogP contribution in [0.2, 0.25) is 0 Å². The molecule has 0 aromatic heterocycles. The fraction of sp³-hybridized carbons (Fsp3) is 0.636. The second-order valence-corrected chi connectivity index (χ2v) is 4.32. The van der Waals surface area contributed by atoms with E-state index in [9.17, 15) is 0 Å². The monoisotopic (exact) mass is 146 g/mol. The van der Waals surface area contributed by atoms with E-state index in [2.05, 4.69) is 25.2 Å². The van der Waals surface area contributed by atoms with Crippen molar-refractivity contribution in [2.45, 2.75) is 19.8 Å². The molecule has 3 aliphatic carbocycles.